The van der Waals surface area contributed by atoms with E-state index >= 15 is 0 Å². The van der Waals surface area contributed by atoms with Crippen LogP contribution in [0, 0.1) is 6.92 Å². The van der Waals surface area contributed by atoms with Gasteiger partial charge in [-0.1, -0.05) is 19.3 Å². The highest BCUT2D eigenvalue weighted by Crippen LogP contribution is 2.28. The van der Waals surface area contributed by atoms with E-state index in [0.29, 0.717) is 18.2 Å². The quantitative estimate of drug-likeness (QED) is 0.869. The van der Waals surface area contributed by atoms with E-state index in [2.05, 4.69) is 4.90 Å². The monoisotopic (exact) mass is 277 g/mol. The van der Waals surface area contributed by atoms with Gasteiger partial charge in [-0.05, 0) is 43.5 Å². The van der Waals surface area contributed by atoms with Crippen LogP contribution in [0.25, 0.3) is 0 Å². The van der Waals surface area contributed by atoms with E-state index in [1.165, 1.54) is 19.3 Å². The van der Waals surface area contributed by atoms with Crippen LogP contribution in [-0.2, 0) is 0 Å². The number of aliphatic hydroxyl groups is 1. The number of aliphatic hydroxyl groups excluding tert-OH is 1. The third-order valence-corrected chi connectivity index (χ3v) is 4.13. The molecule has 0 aliphatic heterocycles. The van der Waals surface area contributed by atoms with Crippen LogP contribution in [0.3, 0.4) is 0 Å². The van der Waals surface area contributed by atoms with Crippen molar-refractivity contribution >= 4 is 11.7 Å². The van der Waals surface area contributed by atoms with Gasteiger partial charge in [0, 0.05) is 18.3 Å². The first kappa shape index (κ1) is 14.9. The van der Waals surface area contributed by atoms with Crippen molar-refractivity contribution in [3.63, 3.8) is 0 Å². The molecule has 2 N–H and O–H groups in total. The van der Waals surface area contributed by atoms with Gasteiger partial charge in [0.25, 0.3) is 0 Å². The van der Waals surface area contributed by atoms with Gasteiger partial charge in [0.1, 0.15) is 0 Å². The van der Waals surface area contributed by atoms with Gasteiger partial charge < -0.3 is 15.1 Å². The SMILES string of the molecule is Cc1cc(N(CCO)C2CCCCC2)ccc1C(=O)O. The van der Waals surface area contributed by atoms with E-state index in [-0.39, 0.29) is 6.61 Å². The van der Waals surface area contributed by atoms with Crippen molar-refractivity contribution in [2.75, 3.05) is 18.1 Å². The number of carboxylic acids is 1. The van der Waals surface area contributed by atoms with E-state index in [1.807, 2.05) is 19.1 Å². The fourth-order valence-corrected chi connectivity index (χ4v) is 3.09. The van der Waals surface area contributed by atoms with E-state index in [9.17, 15) is 9.90 Å². The number of hydrogen-bond donors (Lipinski definition) is 2. The topological polar surface area (TPSA) is 60.8 Å². The van der Waals surface area contributed by atoms with Crippen LogP contribution in [0.5, 0.6) is 0 Å². The second-order valence-corrected chi connectivity index (χ2v) is 5.51. The largest absolute Gasteiger partial charge is 0.478 e. The maximum absolute atomic E-state index is 11.1. The van der Waals surface area contributed by atoms with Crippen LogP contribution in [0.1, 0.15) is 48.0 Å². The number of carboxylic acid groups (broad SMARTS) is 1. The maximum atomic E-state index is 11.1. The lowest BCUT2D eigenvalue weighted by Gasteiger charge is -2.36. The summed E-state index contributed by atoms with van der Waals surface area (Å²) in [4.78, 5) is 13.3. The molecule has 1 aromatic carbocycles. The Kier molecular flexibility index (Phi) is 5.01. The third kappa shape index (κ3) is 3.31. The molecule has 0 spiro atoms. The highest BCUT2D eigenvalue weighted by Gasteiger charge is 2.21. The normalized spacial score (nSPS) is 16.1. The standard InChI is InChI=1S/C16H23NO3/c1-12-11-14(7-8-15(12)16(19)20)17(9-10-18)13-5-3-2-4-6-13/h7-8,11,13,18H,2-6,9-10H2,1H3,(H,19,20). The van der Waals surface area contributed by atoms with Crippen LogP contribution in [-0.4, -0.2) is 35.4 Å². The number of anilines is 1. The molecule has 1 fully saturated rings. The number of aryl methyl sites for hydroxylation is 1. The van der Waals surface area contributed by atoms with Gasteiger partial charge in [0.15, 0.2) is 0 Å². The highest BCUT2D eigenvalue weighted by atomic mass is 16.4. The molecule has 1 aliphatic rings. The summed E-state index contributed by atoms with van der Waals surface area (Å²) >= 11 is 0. The van der Waals surface area contributed by atoms with Gasteiger partial charge in [-0.2, -0.15) is 0 Å². The Morgan fingerprint density at radius 2 is 2.00 bits per heavy atom. The number of rotatable bonds is 5. The second-order valence-electron chi connectivity index (χ2n) is 5.51. The lowest BCUT2D eigenvalue weighted by Crippen LogP contribution is -2.38. The zero-order valence-electron chi connectivity index (χ0n) is 12.0. The molecule has 20 heavy (non-hydrogen) atoms. The molecule has 110 valence electrons. The molecule has 0 unspecified atom stereocenters. The fraction of sp³-hybridized carbons (Fsp3) is 0.562. The van der Waals surface area contributed by atoms with Crippen LogP contribution < -0.4 is 4.90 Å². The number of hydrogen-bond acceptors (Lipinski definition) is 3. The Balaban J connectivity index is 2.24. The van der Waals surface area contributed by atoms with Crippen molar-refractivity contribution in [3.8, 4) is 0 Å². The Bertz CT molecular complexity index is 467. The minimum atomic E-state index is -0.888. The smallest absolute Gasteiger partial charge is 0.335 e. The summed E-state index contributed by atoms with van der Waals surface area (Å²) in [5.74, 6) is -0.888. The van der Waals surface area contributed by atoms with Crippen LogP contribution in [0.2, 0.25) is 0 Å². The van der Waals surface area contributed by atoms with Crippen molar-refractivity contribution in [1.29, 1.82) is 0 Å². The van der Waals surface area contributed by atoms with Crippen LogP contribution >= 0.6 is 0 Å². The summed E-state index contributed by atoms with van der Waals surface area (Å²) in [5.41, 5.74) is 2.14. The van der Waals surface area contributed by atoms with E-state index in [0.717, 1.165) is 24.1 Å². The third-order valence-electron chi connectivity index (χ3n) is 4.13. The molecule has 0 amide bonds. The molecule has 0 heterocycles. The zero-order valence-corrected chi connectivity index (χ0v) is 12.0. The van der Waals surface area contributed by atoms with Crippen molar-refractivity contribution < 1.29 is 15.0 Å². The molecule has 0 bridgehead atoms. The number of aromatic carboxylic acids is 1. The summed E-state index contributed by atoms with van der Waals surface area (Å²) in [7, 11) is 0. The molecule has 4 nitrogen and oxygen atoms in total. The average molecular weight is 277 g/mol. The van der Waals surface area contributed by atoms with Gasteiger partial charge in [-0.15, -0.1) is 0 Å². The van der Waals surface area contributed by atoms with E-state index < -0.39 is 5.97 Å². The average Bonchev–Trinajstić information content (AvgIpc) is 2.45. The molecule has 0 radical (unpaired) electrons. The predicted octanol–water partition coefficient (Wildman–Crippen LogP) is 2.82. The second kappa shape index (κ2) is 6.75. The highest BCUT2D eigenvalue weighted by molar-refractivity contribution is 5.89. The first-order chi connectivity index (χ1) is 9.63. The molecule has 1 aromatic rings. The number of nitrogens with zero attached hydrogens (tertiary/aromatic N) is 1. The van der Waals surface area contributed by atoms with Crippen molar-refractivity contribution in [3.05, 3.63) is 29.3 Å². The van der Waals surface area contributed by atoms with Gasteiger partial charge >= 0.3 is 5.97 Å². The summed E-state index contributed by atoms with van der Waals surface area (Å²) in [5, 5.41) is 18.4. The van der Waals surface area contributed by atoms with Crippen molar-refractivity contribution in [2.24, 2.45) is 0 Å². The van der Waals surface area contributed by atoms with Gasteiger partial charge in [-0.3, -0.25) is 0 Å². The molecule has 0 saturated heterocycles. The molecular weight excluding hydrogens is 254 g/mol. The summed E-state index contributed by atoms with van der Waals surface area (Å²) in [6.45, 7) is 2.55. The summed E-state index contributed by atoms with van der Waals surface area (Å²) in [6.07, 6.45) is 6.07. The lowest BCUT2D eigenvalue weighted by atomic mass is 9.93. The fourth-order valence-electron chi connectivity index (χ4n) is 3.09. The molecule has 4 heteroatoms. The Labute approximate surface area is 120 Å². The Hall–Kier alpha value is -1.55. The van der Waals surface area contributed by atoms with Gasteiger partial charge in [0.05, 0.1) is 12.2 Å². The lowest BCUT2D eigenvalue weighted by molar-refractivity contribution is 0.0696. The van der Waals surface area contributed by atoms with Crippen LogP contribution in [0.15, 0.2) is 18.2 Å². The summed E-state index contributed by atoms with van der Waals surface area (Å²) in [6, 6.07) is 5.92. The molecule has 0 atom stereocenters. The van der Waals surface area contributed by atoms with Gasteiger partial charge in [0.2, 0.25) is 0 Å². The number of benzene rings is 1. The van der Waals surface area contributed by atoms with Gasteiger partial charge in [-0.25, -0.2) is 4.79 Å². The first-order valence-electron chi connectivity index (χ1n) is 7.35. The van der Waals surface area contributed by atoms with Crippen molar-refractivity contribution in [2.45, 2.75) is 45.1 Å². The van der Waals surface area contributed by atoms with E-state index in [1.54, 1.807) is 6.07 Å². The molecule has 1 saturated carbocycles. The maximum Gasteiger partial charge on any atom is 0.335 e. The first-order valence-corrected chi connectivity index (χ1v) is 7.35. The Morgan fingerprint density at radius 1 is 1.30 bits per heavy atom. The number of carbonyl (C=O) groups is 1. The van der Waals surface area contributed by atoms with E-state index in [4.69, 9.17) is 5.11 Å². The molecule has 0 aromatic heterocycles. The minimum Gasteiger partial charge on any atom is -0.478 e. The summed E-state index contributed by atoms with van der Waals surface area (Å²) < 4.78 is 0. The molecule has 1 aliphatic carbocycles. The minimum absolute atomic E-state index is 0.121. The molecular formula is C16H23NO3. The molecule has 2 rings (SSSR count). The predicted molar refractivity (Wildman–Crippen MR) is 79.4 cm³/mol. The van der Waals surface area contributed by atoms with Crippen LogP contribution in [0.4, 0.5) is 5.69 Å². The van der Waals surface area contributed by atoms with Crippen molar-refractivity contribution in [1.82, 2.24) is 0 Å². The zero-order chi connectivity index (χ0) is 14.5. The Morgan fingerprint density at radius 3 is 2.55 bits per heavy atom.